The second kappa shape index (κ2) is 6.65. The molecule has 1 N–H and O–H groups in total. The Morgan fingerprint density at radius 2 is 1.80 bits per heavy atom. The number of hydrazone groups is 1. The van der Waals surface area contributed by atoms with Gasteiger partial charge in [0.25, 0.3) is 0 Å². The van der Waals surface area contributed by atoms with Crippen LogP contribution in [0, 0.1) is 6.92 Å². The van der Waals surface area contributed by atoms with Crippen LogP contribution in [0.15, 0.2) is 53.6 Å². The van der Waals surface area contributed by atoms with Gasteiger partial charge in [0, 0.05) is 0 Å². The lowest BCUT2D eigenvalue weighted by molar-refractivity contribution is -0.0498. The zero-order valence-electron chi connectivity index (χ0n) is 10.9. The number of nitrogens with one attached hydrogen (secondary N) is 1. The van der Waals surface area contributed by atoms with Crippen molar-refractivity contribution in [2.45, 2.75) is 13.5 Å². The van der Waals surface area contributed by atoms with Crippen LogP contribution in [0.1, 0.15) is 11.1 Å². The van der Waals surface area contributed by atoms with Gasteiger partial charge in [-0.3, -0.25) is 5.43 Å². The smallest absolute Gasteiger partial charge is 0.387 e. The van der Waals surface area contributed by atoms with Crippen LogP contribution >= 0.6 is 0 Å². The molecule has 0 bridgehead atoms. The fourth-order valence-corrected chi connectivity index (χ4v) is 1.61. The molecule has 0 radical (unpaired) electrons. The van der Waals surface area contributed by atoms with Crippen LogP contribution in [0.3, 0.4) is 0 Å². The van der Waals surface area contributed by atoms with Gasteiger partial charge in [-0.15, -0.1) is 0 Å². The highest BCUT2D eigenvalue weighted by atomic mass is 19.3. The Labute approximate surface area is 115 Å². The molecule has 0 atom stereocenters. The third kappa shape index (κ3) is 4.05. The van der Waals surface area contributed by atoms with E-state index in [2.05, 4.69) is 15.3 Å². The summed E-state index contributed by atoms with van der Waals surface area (Å²) in [5.41, 5.74) is 5.72. The molecule has 0 unspecified atom stereocenters. The van der Waals surface area contributed by atoms with Crippen molar-refractivity contribution in [3.05, 3.63) is 59.7 Å². The number of rotatable bonds is 5. The van der Waals surface area contributed by atoms with Gasteiger partial charge in [-0.1, -0.05) is 18.2 Å². The summed E-state index contributed by atoms with van der Waals surface area (Å²) in [4.78, 5) is 0. The Balaban J connectivity index is 1.96. The van der Waals surface area contributed by atoms with E-state index in [0.717, 1.165) is 16.8 Å². The first-order valence-electron chi connectivity index (χ1n) is 6.05. The second-order valence-electron chi connectivity index (χ2n) is 4.13. The van der Waals surface area contributed by atoms with E-state index in [9.17, 15) is 8.78 Å². The average Bonchev–Trinajstić information content (AvgIpc) is 2.42. The molecule has 0 saturated heterocycles. The van der Waals surface area contributed by atoms with Gasteiger partial charge in [0.2, 0.25) is 0 Å². The third-order valence-corrected chi connectivity index (χ3v) is 2.65. The van der Waals surface area contributed by atoms with Gasteiger partial charge in [0.05, 0.1) is 11.9 Å². The lowest BCUT2D eigenvalue weighted by atomic mass is 10.2. The summed E-state index contributed by atoms with van der Waals surface area (Å²) in [5, 5.41) is 4.10. The van der Waals surface area contributed by atoms with Crippen molar-refractivity contribution in [2.75, 3.05) is 5.43 Å². The van der Waals surface area contributed by atoms with Crippen molar-refractivity contribution >= 4 is 11.9 Å². The van der Waals surface area contributed by atoms with Crippen LogP contribution in [0.2, 0.25) is 0 Å². The number of benzene rings is 2. The number of alkyl halides is 2. The van der Waals surface area contributed by atoms with E-state index in [1.807, 2.05) is 31.2 Å². The zero-order chi connectivity index (χ0) is 14.4. The van der Waals surface area contributed by atoms with Crippen LogP contribution in [-0.4, -0.2) is 12.8 Å². The van der Waals surface area contributed by atoms with Crippen LogP contribution in [-0.2, 0) is 0 Å². The van der Waals surface area contributed by atoms with Gasteiger partial charge in [-0.2, -0.15) is 13.9 Å². The first-order valence-corrected chi connectivity index (χ1v) is 6.05. The van der Waals surface area contributed by atoms with Gasteiger partial charge in [-0.05, 0) is 48.4 Å². The first-order chi connectivity index (χ1) is 9.65. The maximum Gasteiger partial charge on any atom is 0.387 e. The van der Waals surface area contributed by atoms with E-state index in [1.54, 1.807) is 18.3 Å². The molecule has 2 rings (SSSR count). The summed E-state index contributed by atoms with van der Waals surface area (Å²) in [7, 11) is 0. The molecule has 20 heavy (non-hydrogen) atoms. The van der Waals surface area contributed by atoms with Crippen molar-refractivity contribution in [3.8, 4) is 5.75 Å². The molecule has 2 aromatic carbocycles. The second-order valence-corrected chi connectivity index (χ2v) is 4.13. The summed E-state index contributed by atoms with van der Waals surface area (Å²) in [6, 6.07) is 14.0. The minimum atomic E-state index is -2.81. The van der Waals surface area contributed by atoms with Crippen LogP contribution in [0.5, 0.6) is 5.75 Å². The SMILES string of the molecule is Cc1ccccc1N/N=C\c1ccc(OC(F)F)cc1. The Morgan fingerprint density at radius 1 is 1.10 bits per heavy atom. The highest BCUT2D eigenvalue weighted by molar-refractivity contribution is 5.80. The molecule has 3 nitrogen and oxygen atoms in total. The molecule has 0 aliphatic heterocycles. The Kier molecular flexibility index (Phi) is 4.65. The largest absolute Gasteiger partial charge is 0.435 e. The molecule has 2 aromatic rings. The maximum absolute atomic E-state index is 12.0. The predicted octanol–water partition coefficient (Wildman–Crippen LogP) is 4.04. The summed E-state index contributed by atoms with van der Waals surface area (Å²) in [5.74, 6) is 0.129. The quantitative estimate of drug-likeness (QED) is 0.660. The van der Waals surface area contributed by atoms with Gasteiger partial charge >= 0.3 is 6.61 Å². The first kappa shape index (κ1) is 14.0. The predicted molar refractivity (Wildman–Crippen MR) is 75.5 cm³/mol. The van der Waals surface area contributed by atoms with E-state index in [-0.39, 0.29) is 5.75 Å². The van der Waals surface area contributed by atoms with Gasteiger partial charge in [-0.25, -0.2) is 0 Å². The van der Waals surface area contributed by atoms with Crippen LogP contribution in [0.25, 0.3) is 0 Å². The molecule has 5 heteroatoms. The fraction of sp³-hybridized carbons (Fsp3) is 0.133. The third-order valence-electron chi connectivity index (χ3n) is 2.65. The standard InChI is InChI=1S/C15H14F2N2O/c1-11-4-2-3-5-14(11)19-18-10-12-6-8-13(9-7-12)20-15(16)17/h2-10,15,19H,1H3/b18-10-. The van der Waals surface area contributed by atoms with Crippen molar-refractivity contribution in [2.24, 2.45) is 5.10 Å². The fourth-order valence-electron chi connectivity index (χ4n) is 1.61. The molecule has 104 valence electrons. The number of aryl methyl sites for hydroxylation is 1. The van der Waals surface area contributed by atoms with E-state index in [4.69, 9.17) is 0 Å². The maximum atomic E-state index is 12.0. The number of anilines is 1. The normalized spacial score (nSPS) is 11.0. The van der Waals surface area contributed by atoms with Crippen molar-refractivity contribution in [3.63, 3.8) is 0 Å². The van der Waals surface area contributed by atoms with E-state index in [1.165, 1.54) is 12.1 Å². The lowest BCUT2D eigenvalue weighted by Crippen LogP contribution is -2.01. The molecule has 0 aliphatic carbocycles. The Hall–Kier alpha value is -2.43. The number of nitrogens with zero attached hydrogens (tertiary/aromatic N) is 1. The number of para-hydroxylation sites is 1. The molecule has 0 heterocycles. The van der Waals surface area contributed by atoms with Crippen LogP contribution in [0.4, 0.5) is 14.5 Å². The molecule has 0 aliphatic rings. The molecular weight excluding hydrogens is 262 g/mol. The highest BCUT2D eigenvalue weighted by Crippen LogP contribution is 2.15. The summed E-state index contributed by atoms with van der Waals surface area (Å²) in [6.07, 6.45) is 1.61. The number of hydrogen-bond acceptors (Lipinski definition) is 3. The van der Waals surface area contributed by atoms with Crippen molar-refractivity contribution in [1.82, 2.24) is 0 Å². The van der Waals surface area contributed by atoms with Crippen molar-refractivity contribution in [1.29, 1.82) is 0 Å². The molecular formula is C15H14F2N2O. The van der Waals surface area contributed by atoms with Gasteiger partial charge < -0.3 is 4.74 Å². The lowest BCUT2D eigenvalue weighted by Gasteiger charge is -2.04. The van der Waals surface area contributed by atoms with Gasteiger partial charge in [0.1, 0.15) is 5.75 Å². The van der Waals surface area contributed by atoms with E-state index in [0.29, 0.717) is 0 Å². The molecule has 0 fully saturated rings. The number of hydrogen-bond donors (Lipinski definition) is 1. The zero-order valence-corrected chi connectivity index (χ0v) is 10.9. The van der Waals surface area contributed by atoms with Crippen LogP contribution < -0.4 is 10.2 Å². The monoisotopic (exact) mass is 276 g/mol. The average molecular weight is 276 g/mol. The van der Waals surface area contributed by atoms with Crippen molar-refractivity contribution < 1.29 is 13.5 Å². The van der Waals surface area contributed by atoms with E-state index >= 15 is 0 Å². The molecule has 0 aromatic heterocycles. The summed E-state index contributed by atoms with van der Waals surface area (Å²) >= 11 is 0. The molecule has 0 spiro atoms. The topological polar surface area (TPSA) is 33.6 Å². The number of ether oxygens (including phenoxy) is 1. The Morgan fingerprint density at radius 3 is 2.45 bits per heavy atom. The summed E-state index contributed by atoms with van der Waals surface area (Å²) in [6.45, 7) is -0.828. The molecule has 0 amide bonds. The summed E-state index contributed by atoms with van der Waals surface area (Å²) < 4.78 is 28.2. The highest BCUT2D eigenvalue weighted by Gasteiger charge is 2.02. The Bertz CT molecular complexity index is 583. The molecule has 0 saturated carbocycles. The minimum Gasteiger partial charge on any atom is -0.435 e. The van der Waals surface area contributed by atoms with E-state index < -0.39 is 6.61 Å². The number of halogens is 2. The minimum absolute atomic E-state index is 0.129. The van der Waals surface area contributed by atoms with Gasteiger partial charge in [0.15, 0.2) is 0 Å².